The van der Waals surface area contributed by atoms with Crippen molar-refractivity contribution in [2.45, 2.75) is 13.5 Å². The summed E-state index contributed by atoms with van der Waals surface area (Å²) < 4.78 is 12.8. The molecule has 0 aromatic heterocycles. The molecule has 0 N–H and O–H groups in total. The number of hydrogen-bond donors (Lipinski definition) is 0. The van der Waals surface area contributed by atoms with Crippen LogP contribution in [-0.4, -0.2) is 13.3 Å². The molecule has 19 heavy (non-hydrogen) atoms. The van der Waals surface area contributed by atoms with Crippen molar-refractivity contribution in [1.82, 2.24) is 0 Å². The molecule has 0 radical (unpaired) electrons. The minimum absolute atomic E-state index is 0.224. The molecule has 0 unspecified atom stereocenters. The first-order chi connectivity index (χ1) is 9.10. The minimum atomic E-state index is -0.224. The molecular weight excluding hydrogens is 241 g/mol. The molecule has 0 amide bonds. The Morgan fingerprint density at radius 1 is 1.16 bits per heavy atom. The van der Waals surface area contributed by atoms with Gasteiger partial charge in [0.25, 0.3) is 0 Å². The topological polar surface area (TPSA) is 20.3 Å². The van der Waals surface area contributed by atoms with Gasteiger partial charge >= 0.3 is 0 Å². The van der Waals surface area contributed by atoms with Gasteiger partial charge in [-0.25, -0.2) is 4.39 Å². The Morgan fingerprint density at radius 3 is 2.42 bits per heavy atom. The van der Waals surface area contributed by atoms with E-state index in [4.69, 9.17) is 0 Å². The Labute approximate surface area is 112 Å². The van der Waals surface area contributed by atoms with Gasteiger partial charge in [0.15, 0.2) is 0 Å². The maximum atomic E-state index is 12.8. The van der Waals surface area contributed by atoms with Crippen LogP contribution in [0.5, 0.6) is 0 Å². The standard InChI is InChI=1S/C16H16FNO/c1-12-9-14(11-19)5-8-16(12)18(2)10-13-3-6-15(17)7-4-13/h3-9,11H,10H2,1-2H3. The zero-order valence-electron chi connectivity index (χ0n) is 11.1. The number of anilines is 1. The predicted octanol–water partition coefficient (Wildman–Crippen LogP) is 3.58. The monoisotopic (exact) mass is 257 g/mol. The van der Waals surface area contributed by atoms with E-state index in [1.165, 1.54) is 12.1 Å². The van der Waals surface area contributed by atoms with Crippen LogP contribution in [0.1, 0.15) is 21.5 Å². The van der Waals surface area contributed by atoms with Gasteiger partial charge in [-0.2, -0.15) is 0 Å². The van der Waals surface area contributed by atoms with Crippen molar-refractivity contribution in [2.75, 3.05) is 11.9 Å². The number of carbonyl (C=O) groups is 1. The predicted molar refractivity (Wildman–Crippen MR) is 75.1 cm³/mol. The molecule has 2 aromatic carbocycles. The maximum Gasteiger partial charge on any atom is 0.150 e. The number of rotatable bonds is 4. The summed E-state index contributed by atoms with van der Waals surface area (Å²) in [7, 11) is 1.98. The molecule has 0 saturated heterocycles. The lowest BCUT2D eigenvalue weighted by Gasteiger charge is -2.21. The van der Waals surface area contributed by atoms with Crippen molar-refractivity contribution in [1.29, 1.82) is 0 Å². The van der Waals surface area contributed by atoms with Gasteiger partial charge in [-0.15, -0.1) is 0 Å². The smallest absolute Gasteiger partial charge is 0.150 e. The van der Waals surface area contributed by atoms with Gasteiger partial charge < -0.3 is 4.90 Å². The van der Waals surface area contributed by atoms with Crippen molar-refractivity contribution in [3.8, 4) is 0 Å². The molecule has 3 heteroatoms. The zero-order chi connectivity index (χ0) is 13.8. The van der Waals surface area contributed by atoms with Crippen LogP contribution in [0.4, 0.5) is 10.1 Å². The lowest BCUT2D eigenvalue weighted by molar-refractivity contribution is 0.112. The largest absolute Gasteiger partial charge is 0.370 e. The average Bonchev–Trinajstić information content (AvgIpc) is 2.41. The highest BCUT2D eigenvalue weighted by molar-refractivity contribution is 5.76. The van der Waals surface area contributed by atoms with Crippen molar-refractivity contribution in [3.05, 3.63) is 65.0 Å². The number of aryl methyl sites for hydroxylation is 1. The summed E-state index contributed by atoms with van der Waals surface area (Å²) in [6, 6.07) is 12.1. The Balaban J connectivity index is 2.17. The summed E-state index contributed by atoms with van der Waals surface area (Å²) in [5, 5.41) is 0. The molecule has 2 rings (SSSR count). The minimum Gasteiger partial charge on any atom is -0.370 e. The van der Waals surface area contributed by atoms with Crippen molar-refractivity contribution >= 4 is 12.0 Å². The van der Waals surface area contributed by atoms with E-state index in [-0.39, 0.29) is 5.82 Å². The summed E-state index contributed by atoms with van der Waals surface area (Å²) in [6.45, 7) is 2.67. The number of nitrogens with zero attached hydrogens (tertiary/aromatic N) is 1. The van der Waals surface area contributed by atoms with Crippen LogP contribution in [0, 0.1) is 12.7 Å². The van der Waals surface area contributed by atoms with Crippen molar-refractivity contribution in [2.24, 2.45) is 0 Å². The first-order valence-corrected chi connectivity index (χ1v) is 6.11. The van der Waals surface area contributed by atoms with Crippen LogP contribution in [0.15, 0.2) is 42.5 Å². The van der Waals surface area contributed by atoms with E-state index < -0.39 is 0 Å². The highest BCUT2D eigenvalue weighted by atomic mass is 19.1. The molecule has 0 saturated carbocycles. The molecule has 0 aliphatic rings. The van der Waals surface area contributed by atoms with Crippen LogP contribution in [0.25, 0.3) is 0 Å². The van der Waals surface area contributed by atoms with Crippen molar-refractivity contribution in [3.63, 3.8) is 0 Å². The van der Waals surface area contributed by atoms with E-state index in [2.05, 4.69) is 4.90 Å². The summed E-state index contributed by atoms with van der Waals surface area (Å²) in [5.74, 6) is -0.224. The molecule has 0 spiro atoms. The highest BCUT2D eigenvalue weighted by Gasteiger charge is 2.06. The van der Waals surface area contributed by atoms with E-state index in [1.54, 1.807) is 18.2 Å². The number of hydrogen-bond acceptors (Lipinski definition) is 2. The number of aldehydes is 1. The lowest BCUT2D eigenvalue weighted by Crippen LogP contribution is -2.17. The zero-order valence-corrected chi connectivity index (χ0v) is 11.1. The number of benzene rings is 2. The molecule has 2 nitrogen and oxygen atoms in total. The van der Waals surface area contributed by atoms with Crippen LogP contribution < -0.4 is 4.90 Å². The van der Waals surface area contributed by atoms with Gasteiger partial charge in [0, 0.05) is 24.8 Å². The Kier molecular flexibility index (Phi) is 3.95. The second-order valence-electron chi connectivity index (χ2n) is 4.65. The van der Waals surface area contributed by atoms with Crippen molar-refractivity contribution < 1.29 is 9.18 Å². The van der Waals surface area contributed by atoms with Gasteiger partial charge in [-0.1, -0.05) is 12.1 Å². The number of carbonyl (C=O) groups excluding carboxylic acids is 1. The molecule has 0 aliphatic carbocycles. The molecule has 0 atom stereocenters. The van der Waals surface area contributed by atoms with E-state index in [0.717, 1.165) is 23.1 Å². The molecule has 0 bridgehead atoms. The van der Waals surface area contributed by atoms with Crippen LogP contribution in [0.3, 0.4) is 0 Å². The Bertz CT molecular complexity index is 578. The van der Waals surface area contributed by atoms with Crippen LogP contribution in [-0.2, 0) is 6.54 Å². The molecule has 98 valence electrons. The molecule has 0 fully saturated rings. The normalized spacial score (nSPS) is 10.3. The van der Waals surface area contributed by atoms with E-state index in [0.29, 0.717) is 12.1 Å². The van der Waals surface area contributed by atoms with Gasteiger partial charge in [-0.05, 0) is 48.4 Å². The Morgan fingerprint density at radius 2 is 1.84 bits per heavy atom. The van der Waals surface area contributed by atoms with Gasteiger partial charge in [0.1, 0.15) is 12.1 Å². The fourth-order valence-corrected chi connectivity index (χ4v) is 2.13. The third-order valence-electron chi connectivity index (χ3n) is 3.10. The SMILES string of the molecule is Cc1cc(C=O)ccc1N(C)Cc1ccc(F)cc1. The summed E-state index contributed by atoms with van der Waals surface area (Å²) in [6.07, 6.45) is 0.844. The number of halogens is 1. The van der Waals surface area contributed by atoms with E-state index in [1.807, 2.05) is 26.1 Å². The van der Waals surface area contributed by atoms with Crippen LogP contribution >= 0.6 is 0 Å². The summed E-state index contributed by atoms with van der Waals surface area (Å²) in [5.41, 5.74) is 3.84. The van der Waals surface area contributed by atoms with Crippen LogP contribution in [0.2, 0.25) is 0 Å². The molecule has 0 heterocycles. The third kappa shape index (κ3) is 3.19. The fourth-order valence-electron chi connectivity index (χ4n) is 2.13. The maximum absolute atomic E-state index is 12.8. The first kappa shape index (κ1) is 13.3. The van der Waals surface area contributed by atoms with E-state index >= 15 is 0 Å². The molecular formula is C16H16FNO. The first-order valence-electron chi connectivity index (χ1n) is 6.11. The van der Waals surface area contributed by atoms with Gasteiger partial charge in [0.2, 0.25) is 0 Å². The molecule has 0 aliphatic heterocycles. The van der Waals surface area contributed by atoms with E-state index in [9.17, 15) is 9.18 Å². The molecule has 2 aromatic rings. The lowest BCUT2D eigenvalue weighted by atomic mass is 10.1. The third-order valence-corrected chi connectivity index (χ3v) is 3.10. The summed E-state index contributed by atoms with van der Waals surface area (Å²) in [4.78, 5) is 12.8. The highest BCUT2D eigenvalue weighted by Crippen LogP contribution is 2.21. The second kappa shape index (κ2) is 5.65. The summed E-state index contributed by atoms with van der Waals surface area (Å²) >= 11 is 0. The fraction of sp³-hybridized carbons (Fsp3) is 0.188. The Hall–Kier alpha value is -2.16. The van der Waals surface area contributed by atoms with Gasteiger partial charge in [0.05, 0.1) is 0 Å². The van der Waals surface area contributed by atoms with Gasteiger partial charge in [-0.3, -0.25) is 4.79 Å². The second-order valence-corrected chi connectivity index (χ2v) is 4.65. The quantitative estimate of drug-likeness (QED) is 0.780. The average molecular weight is 257 g/mol.